The second kappa shape index (κ2) is 8.92. The van der Waals surface area contributed by atoms with Gasteiger partial charge in [-0.2, -0.15) is 0 Å². The third-order valence-electron chi connectivity index (χ3n) is 6.35. The molecule has 10 nitrogen and oxygen atoms in total. The number of amides is 1. The Bertz CT molecular complexity index is 1410. The van der Waals surface area contributed by atoms with Gasteiger partial charge in [-0.3, -0.25) is 0 Å². The number of aromatic amines is 1. The Morgan fingerprint density at radius 1 is 1.14 bits per heavy atom. The van der Waals surface area contributed by atoms with Crippen molar-refractivity contribution in [3.8, 4) is 22.5 Å². The molecule has 0 bridgehead atoms. The smallest absolute Gasteiger partial charge is 0.407 e. The van der Waals surface area contributed by atoms with E-state index in [2.05, 4.69) is 25.8 Å². The molecular formula is C26H31N7O3. The van der Waals surface area contributed by atoms with E-state index in [0.717, 1.165) is 63.4 Å². The van der Waals surface area contributed by atoms with E-state index < -0.39 is 11.7 Å². The molecule has 4 aromatic rings. The van der Waals surface area contributed by atoms with Crippen LogP contribution < -0.4 is 10.6 Å². The van der Waals surface area contributed by atoms with Gasteiger partial charge in [0.25, 0.3) is 0 Å². The number of fused-ring (bicyclic) bond motifs is 1. The van der Waals surface area contributed by atoms with Gasteiger partial charge in [0.05, 0.1) is 28.7 Å². The minimum absolute atomic E-state index is 0.0340. The van der Waals surface area contributed by atoms with Crippen molar-refractivity contribution in [2.24, 2.45) is 0 Å². The Labute approximate surface area is 209 Å². The fraction of sp³-hybridized carbons (Fsp3) is 0.423. The molecule has 4 heterocycles. The van der Waals surface area contributed by atoms with Gasteiger partial charge in [-0.25, -0.2) is 19.7 Å². The van der Waals surface area contributed by atoms with Gasteiger partial charge < -0.3 is 24.9 Å². The Kier molecular flexibility index (Phi) is 5.89. The zero-order valence-electron chi connectivity index (χ0n) is 21.4. The summed E-state index contributed by atoms with van der Waals surface area (Å²) in [5.74, 6) is 1.26. The van der Waals surface area contributed by atoms with Crippen molar-refractivity contribution < 1.29 is 14.1 Å². The number of nitrogens with one attached hydrogen (secondary N) is 3. The van der Waals surface area contributed by atoms with Crippen molar-refractivity contribution in [3.63, 3.8) is 0 Å². The average molecular weight is 490 g/mol. The molecule has 0 unspecified atom stereocenters. The van der Waals surface area contributed by atoms with Crippen molar-refractivity contribution in [2.45, 2.75) is 72.1 Å². The molecule has 3 N–H and O–H groups in total. The molecule has 4 aromatic heterocycles. The number of aryl methyl sites for hydroxylation is 3. The van der Waals surface area contributed by atoms with Crippen molar-refractivity contribution >= 4 is 23.1 Å². The van der Waals surface area contributed by atoms with Crippen LogP contribution in [0.2, 0.25) is 0 Å². The van der Waals surface area contributed by atoms with Gasteiger partial charge in [0, 0.05) is 29.4 Å². The molecule has 10 heteroatoms. The quantitative estimate of drug-likeness (QED) is 0.354. The van der Waals surface area contributed by atoms with E-state index in [1.807, 2.05) is 66.1 Å². The van der Waals surface area contributed by atoms with Crippen LogP contribution in [0.5, 0.6) is 0 Å². The van der Waals surface area contributed by atoms with Gasteiger partial charge in [-0.15, -0.1) is 0 Å². The molecular weight excluding hydrogens is 458 g/mol. The van der Waals surface area contributed by atoms with E-state index in [1.54, 1.807) is 0 Å². The van der Waals surface area contributed by atoms with Gasteiger partial charge in [-0.1, -0.05) is 5.16 Å². The fourth-order valence-corrected chi connectivity index (χ4v) is 4.44. The number of carbonyl (C=O) groups is 1. The number of anilines is 1. The molecule has 1 fully saturated rings. The molecule has 1 saturated carbocycles. The fourth-order valence-electron chi connectivity index (χ4n) is 4.44. The average Bonchev–Trinajstić information content (AvgIpc) is 3.37. The molecule has 0 spiro atoms. The molecule has 0 saturated heterocycles. The van der Waals surface area contributed by atoms with Crippen molar-refractivity contribution in [1.29, 1.82) is 0 Å². The van der Waals surface area contributed by atoms with Crippen LogP contribution in [-0.2, 0) is 4.74 Å². The highest BCUT2D eigenvalue weighted by Crippen LogP contribution is 2.33. The Morgan fingerprint density at radius 3 is 2.58 bits per heavy atom. The third-order valence-corrected chi connectivity index (χ3v) is 6.35. The maximum Gasteiger partial charge on any atom is 0.407 e. The Balaban J connectivity index is 1.36. The molecule has 5 rings (SSSR count). The van der Waals surface area contributed by atoms with Crippen LogP contribution in [0.3, 0.4) is 0 Å². The molecule has 1 aliphatic rings. The zero-order valence-corrected chi connectivity index (χ0v) is 21.4. The molecule has 1 aliphatic carbocycles. The monoisotopic (exact) mass is 489 g/mol. The zero-order chi connectivity index (χ0) is 25.6. The summed E-state index contributed by atoms with van der Waals surface area (Å²) in [4.78, 5) is 29.6. The summed E-state index contributed by atoms with van der Waals surface area (Å²) < 4.78 is 10.7. The number of carbonyl (C=O) groups excluding carboxylic acids is 1. The largest absolute Gasteiger partial charge is 0.444 e. The number of H-pyrrole nitrogens is 1. The first-order valence-corrected chi connectivity index (χ1v) is 12.1. The van der Waals surface area contributed by atoms with E-state index in [4.69, 9.17) is 19.2 Å². The van der Waals surface area contributed by atoms with Crippen LogP contribution in [0.15, 0.2) is 29.0 Å². The summed E-state index contributed by atoms with van der Waals surface area (Å²) in [7, 11) is 0. The van der Waals surface area contributed by atoms with E-state index >= 15 is 0 Å². The van der Waals surface area contributed by atoms with Crippen LogP contribution in [-0.4, -0.2) is 48.9 Å². The molecule has 1 amide bonds. The standard InChI is InChI=1S/C26H31N7O3/c1-13-11-28-24(30-18-9-10-19(18)31-25(34)35-26(4,5)6)32-22(13)17-12-27-23-16(17)7-8-20(29-23)21-14(2)33-36-15(21)3/h7-8,11-12,18-19H,9-10H2,1-6H3,(H,27,29)(H,31,34)(H,28,30,32)/t18-,19-/m0/s1. The molecule has 0 aromatic carbocycles. The van der Waals surface area contributed by atoms with E-state index in [9.17, 15) is 4.79 Å². The number of hydrogen-bond acceptors (Lipinski definition) is 8. The number of rotatable bonds is 5. The number of nitrogens with zero attached hydrogens (tertiary/aromatic N) is 4. The van der Waals surface area contributed by atoms with Crippen LogP contribution in [0, 0.1) is 20.8 Å². The molecule has 188 valence electrons. The van der Waals surface area contributed by atoms with Crippen LogP contribution in [0.25, 0.3) is 33.5 Å². The lowest BCUT2D eigenvalue weighted by molar-refractivity contribution is 0.0472. The molecule has 0 radical (unpaired) electrons. The molecule has 36 heavy (non-hydrogen) atoms. The summed E-state index contributed by atoms with van der Waals surface area (Å²) in [6, 6.07) is 4.02. The van der Waals surface area contributed by atoms with E-state index in [0.29, 0.717) is 5.95 Å². The topological polar surface area (TPSA) is 131 Å². The van der Waals surface area contributed by atoms with Gasteiger partial charge in [0.15, 0.2) is 0 Å². The van der Waals surface area contributed by atoms with Gasteiger partial charge >= 0.3 is 6.09 Å². The third kappa shape index (κ3) is 4.62. The first-order chi connectivity index (χ1) is 17.1. The maximum absolute atomic E-state index is 12.2. The van der Waals surface area contributed by atoms with Crippen LogP contribution in [0.4, 0.5) is 10.7 Å². The van der Waals surface area contributed by atoms with Crippen molar-refractivity contribution in [1.82, 2.24) is 30.4 Å². The predicted molar refractivity (Wildman–Crippen MR) is 137 cm³/mol. The normalized spacial score (nSPS) is 17.6. The highest BCUT2D eigenvalue weighted by atomic mass is 16.6. The minimum atomic E-state index is -0.534. The van der Waals surface area contributed by atoms with Gasteiger partial charge in [0.2, 0.25) is 5.95 Å². The lowest BCUT2D eigenvalue weighted by Gasteiger charge is -2.37. The number of pyridine rings is 1. The van der Waals surface area contributed by atoms with Crippen molar-refractivity contribution in [3.05, 3.63) is 41.5 Å². The maximum atomic E-state index is 12.2. The SMILES string of the molecule is Cc1cnc(N[C@H]2CC[C@@H]2NC(=O)OC(C)(C)C)nc1-c1c[nH]c2nc(-c3c(C)noc3C)ccc12. The van der Waals surface area contributed by atoms with E-state index in [1.165, 1.54) is 0 Å². The predicted octanol–water partition coefficient (Wildman–Crippen LogP) is 5.07. The molecule has 2 atom stereocenters. The van der Waals surface area contributed by atoms with Gasteiger partial charge in [0.1, 0.15) is 17.0 Å². The lowest BCUT2D eigenvalue weighted by atomic mass is 9.86. The number of aromatic nitrogens is 5. The highest BCUT2D eigenvalue weighted by molar-refractivity contribution is 5.94. The van der Waals surface area contributed by atoms with E-state index in [-0.39, 0.29) is 12.1 Å². The number of ether oxygens (including phenoxy) is 1. The number of hydrogen-bond donors (Lipinski definition) is 3. The molecule has 0 aliphatic heterocycles. The van der Waals surface area contributed by atoms with Crippen molar-refractivity contribution in [2.75, 3.05) is 5.32 Å². The second-order valence-electron chi connectivity index (χ2n) is 10.3. The van der Waals surface area contributed by atoms with Crippen LogP contribution in [0.1, 0.15) is 50.6 Å². The van der Waals surface area contributed by atoms with Crippen LogP contribution >= 0.6 is 0 Å². The highest BCUT2D eigenvalue weighted by Gasteiger charge is 2.34. The number of alkyl carbamates (subject to hydrolysis) is 1. The summed E-state index contributed by atoms with van der Waals surface area (Å²) in [5, 5.41) is 11.3. The summed E-state index contributed by atoms with van der Waals surface area (Å²) in [6.45, 7) is 11.3. The Morgan fingerprint density at radius 2 is 1.92 bits per heavy atom. The first kappa shape index (κ1) is 23.8. The minimum Gasteiger partial charge on any atom is -0.444 e. The summed E-state index contributed by atoms with van der Waals surface area (Å²) in [6.07, 6.45) is 5.10. The summed E-state index contributed by atoms with van der Waals surface area (Å²) in [5.41, 5.74) is 5.47. The Hall–Kier alpha value is -3.95. The first-order valence-electron chi connectivity index (χ1n) is 12.1. The lowest BCUT2D eigenvalue weighted by Crippen LogP contribution is -2.54. The summed E-state index contributed by atoms with van der Waals surface area (Å²) >= 11 is 0. The second-order valence-corrected chi connectivity index (χ2v) is 10.3. The van der Waals surface area contributed by atoms with Gasteiger partial charge in [-0.05, 0) is 72.1 Å².